The van der Waals surface area contributed by atoms with E-state index in [9.17, 15) is 4.79 Å². The fraction of sp³-hybridized carbons (Fsp3) is 0.471. The Balaban J connectivity index is 1.55. The van der Waals surface area contributed by atoms with Gasteiger partial charge >= 0.3 is 0 Å². The molecular formula is C17H23N3O2. The van der Waals surface area contributed by atoms with Gasteiger partial charge in [0.15, 0.2) is 0 Å². The highest BCUT2D eigenvalue weighted by Crippen LogP contribution is 2.25. The van der Waals surface area contributed by atoms with Crippen LogP contribution in [0.3, 0.4) is 0 Å². The Morgan fingerprint density at radius 2 is 2.14 bits per heavy atom. The smallest absolute Gasteiger partial charge is 0.227 e. The van der Waals surface area contributed by atoms with Crippen molar-refractivity contribution < 1.29 is 9.53 Å². The Labute approximate surface area is 130 Å². The minimum absolute atomic E-state index is 0.0815. The first-order valence-corrected chi connectivity index (χ1v) is 7.89. The van der Waals surface area contributed by atoms with E-state index in [4.69, 9.17) is 4.74 Å². The van der Waals surface area contributed by atoms with Crippen molar-refractivity contribution in [2.45, 2.75) is 12.8 Å². The molecule has 2 aromatic rings. The number of benzene rings is 1. The predicted molar refractivity (Wildman–Crippen MR) is 87.0 cm³/mol. The Hall–Kier alpha value is -1.85. The molecule has 1 fully saturated rings. The summed E-state index contributed by atoms with van der Waals surface area (Å²) in [5, 5.41) is 4.17. The van der Waals surface area contributed by atoms with Crippen LogP contribution < -0.4 is 5.32 Å². The molecule has 3 rings (SSSR count). The summed E-state index contributed by atoms with van der Waals surface area (Å²) in [6, 6.07) is 8.08. The lowest BCUT2D eigenvalue weighted by Gasteiger charge is -2.26. The van der Waals surface area contributed by atoms with Gasteiger partial charge in [-0.3, -0.25) is 9.69 Å². The number of amides is 1. The van der Waals surface area contributed by atoms with E-state index in [1.807, 2.05) is 31.3 Å². The van der Waals surface area contributed by atoms with Crippen LogP contribution in [0.2, 0.25) is 0 Å². The fourth-order valence-corrected chi connectivity index (χ4v) is 2.91. The minimum Gasteiger partial charge on any atom is -0.379 e. The number of para-hydroxylation sites is 1. The minimum atomic E-state index is -0.152. The highest BCUT2D eigenvalue weighted by molar-refractivity contribution is 5.91. The standard InChI is InChI=1S/C17H23N3O2/c1-13(15-12-19-16-5-3-2-4-14(15)16)17(21)18-6-7-20-8-10-22-11-9-20/h2-5,12-13,19H,6-11H2,1H3,(H,18,21). The average Bonchev–Trinajstić information content (AvgIpc) is 2.99. The molecule has 2 heterocycles. The average molecular weight is 301 g/mol. The van der Waals surface area contributed by atoms with Crippen molar-refractivity contribution in [2.24, 2.45) is 0 Å². The molecule has 1 atom stereocenters. The van der Waals surface area contributed by atoms with Crippen LogP contribution in [0, 0.1) is 0 Å². The Bertz CT molecular complexity index is 632. The monoisotopic (exact) mass is 301 g/mol. The summed E-state index contributed by atoms with van der Waals surface area (Å²) in [6.07, 6.45) is 1.94. The number of ether oxygens (including phenoxy) is 1. The molecule has 2 N–H and O–H groups in total. The van der Waals surface area contributed by atoms with Crippen molar-refractivity contribution in [1.29, 1.82) is 0 Å². The first-order chi connectivity index (χ1) is 10.8. The van der Waals surface area contributed by atoms with Gasteiger partial charge in [0, 0.05) is 43.3 Å². The Kier molecular flexibility index (Phi) is 4.75. The van der Waals surface area contributed by atoms with Gasteiger partial charge in [-0.1, -0.05) is 18.2 Å². The molecule has 5 heteroatoms. The maximum Gasteiger partial charge on any atom is 0.227 e. The van der Waals surface area contributed by atoms with Crippen LogP contribution in [0.5, 0.6) is 0 Å². The van der Waals surface area contributed by atoms with Gasteiger partial charge in [-0.15, -0.1) is 0 Å². The number of hydrogen-bond acceptors (Lipinski definition) is 3. The second-order valence-electron chi connectivity index (χ2n) is 5.76. The molecule has 1 aromatic carbocycles. The summed E-state index contributed by atoms with van der Waals surface area (Å²) in [5.74, 6) is -0.0705. The topological polar surface area (TPSA) is 57.4 Å². The summed E-state index contributed by atoms with van der Waals surface area (Å²) >= 11 is 0. The van der Waals surface area contributed by atoms with Gasteiger partial charge in [0.2, 0.25) is 5.91 Å². The molecule has 118 valence electrons. The van der Waals surface area contributed by atoms with Crippen LogP contribution in [0.15, 0.2) is 30.5 Å². The van der Waals surface area contributed by atoms with Gasteiger partial charge in [0.05, 0.1) is 19.1 Å². The molecule has 1 amide bonds. The third-order valence-corrected chi connectivity index (χ3v) is 4.31. The number of hydrogen-bond donors (Lipinski definition) is 2. The first-order valence-electron chi connectivity index (χ1n) is 7.89. The van der Waals surface area contributed by atoms with Crippen LogP contribution in [-0.2, 0) is 9.53 Å². The zero-order valence-electron chi connectivity index (χ0n) is 13.0. The number of morpholine rings is 1. The van der Waals surface area contributed by atoms with E-state index < -0.39 is 0 Å². The summed E-state index contributed by atoms with van der Waals surface area (Å²) in [6.45, 7) is 7.02. The Morgan fingerprint density at radius 3 is 2.95 bits per heavy atom. The van der Waals surface area contributed by atoms with E-state index in [0.717, 1.165) is 49.3 Å². The maximum absolute atomic E-state index is 12.4. The van der Waals surface area contributed by atoms with E-state index in [1.54, 1.807) is 0 Å². The molecular weight excluding hydrogens is 278 g/mol. The highest BCUT2D eigenvalue weighted by Gasteiger charge is 2.18. The summed E-state index contributed by atoms with van der Waals surface area (Å²) < 4.78 is 5.32. The normalized spacial score (nSPS) is 17.5. The van der Waals surface area contributed by atoms with Gasteiger partial charge < -0.3 is 15.0 Å². The zero-order chi connectivity index (χ0) is 15.4. The van der Waals surface area contributed by atoms with Gasteiger partial charge in [-0.05, 0) is 18.6 Å². The number of aromatic amines is 1. The SMILES string of the molecule is CC(C(=O)NCCN1CCOCC1)c1c[nH]c2ccccc12. The number of aromatic nitrogens is 1. The van der Waals surface area contributed by atoms with Gasteiger partial charge in [0.1, 0.15) is 0 Å². The van der Waals surface area contributed by atoms with E-state index in [2.05, 4.69) is 21.3 Å². The number of nitrogens with zero attached hydrogens (tertiary/aromatic N) is 1. The molecule has 1 aliphatic rings. The van der Waals surface area contributed by atoms with E-state index >= 15 is 0 Å². The van der Waals surface area contributed by atoms with E-state index in [0.29, 0.717) is 6.54 Å². The summed E-state index contributed by atoms with van der Waals surface area (Å²) in [4.78, 5) is 17.9. The molecule has 1 aromatic heterocycles. The third-order valence-electron chi connectivity index (χ3n) is 4.31. The van der Waals surface area contributed by atoms with Crippen molar-refractivity contribution in [3.63, 3.8) is 0 Å². The van der Waals surface area contributed by atoms with Crippen LogP contribution in [0.1, 0.15) is 18.4 Å². The zero-order valence-corrected chi connectivity index (χ0v) is 13.0. The number of fused-ring (bicyclic) bond motifs is 1. The predicted octanol–water partition coefficient (Wildman–Crippen LogP) is 1.72. The number of nitrogens with one attached hydrogen (secondary N) is 2. The molecule has 0 spiro atoms. The lowest BCUT2D eigenvalue weighted by atomic mass is 10.00. The van der Waals surface area contributed by atoms with Crippen LogP contribution in [0.25, 0.3) is 10.9 Å². The summed E-state index contributed by atoms with van der Waals surface area (Å²) in [7, 11) is 0. The molecule has 1 saturated heterocycles. The quantitative estimate of drug-likeness (QED) is 0.884. The van der Waals surface area contributed by atoms with Crippen LogP contribution in [-0.4, -0.2) is 55.2 Å². The number of rotatable bonds is 5. The maximum atomic E-state index is 12.4. The molecule has 0 saturated carbocycles. The van der Waals surface area contributed by atoms with Crippen molar-refractivity contribution >= 4 is 16.8 Å². The van der Waals surface area contributed by atoms with Crippen molar-refractivity contribution in [3.8, 4) is 0 Å². The van der Waals surface area contributed by atoms with Crippen LogP contribution in [0.4, 0.5) is 0 Å². The third kappa shape index (κ3) is 3.31. The largest absolute Gasteiger partial charge is 0.379 e. The second kappa shape index (κ2) is 6.94. The highest BCUT2D eigenvalue weighted by atomic mass is 16.5. The molecule has 1 aliphatic heterocycles. The molecule has 22 heavy (non-hydrogen) atoms. The number of carbonyl (C=O) groups excluding carboxylic acids is 1. The Morgan fingerprint density at radius 1 is 1.36 bits per heavy atom. The van der Waals surface area contributed by atoms with Gasteiger partial charge in [-0.25, -0.2) is 0 Å². The first kappa shape index (κ1) is 15.1. The fourth-order valence-electron chi connectivity index (χ4n) is 2.91. The van der Waals surface area contributed by atoms with Crippen molar-refractivity contribution in [3.05, 3.63) is 36.0 Å². The lowest BCUT2D eigenvalue weighted by molar-refractivity contribution is -0.122. The van der Waals surface area contributed by atoms with Crippen molar-refractivity contribution in [1.82, 2.24) is 15.2 Å². The number of carbonyl (C=O) groups is 1. The molecule has 0 aliphatic carbocycles. The molecule has 5 nitrogen and oxygen atoms in total. The molecule has 0 radical (unpaired) electrons. The molecule has 0 bridgehead atoms. The second-order valence-corrected chi connectivity index (χ2v) is 5.76. The van der Waals surface area contributed by atoms with Gasteiger partial charge in [0.25, 0.3) is 0 Å². The van der Waals surface area contributed by atoms with E-state index in [-0.39, 0.29) is 11.8 Å². The van der Waals surface area contributed by atoms with Crippen LogP contribution >= 0.6 is 0 Å². The summed E-state index contributed by atoms with van der Waals surface area (Å²) in [5.41, 5.74) is 2.13. The number of H-pyrrole nitrogens is 1. The van der Waals surface area contributed by atoms with Crippen molar-refractivity contribution in [2.75, 3.05) is 39.4 Å². The molecule has 1 unspecified atom stereocenters. The lowest BCUT2D eigenvalue weighted by Crippen LogP contribution is -2.42. The van der Waals surface area contributed by atoms with Gasteiger partial charge in [-0.2, -0.15) is 0 Å². The van der Waals surface area contributed by atoms with E-state index in [1.165, 1.54) is 0 Å².